The van der Waals surface area contributed by atoms with Gasteiger partial charge in [-0.3, -0.25) is 9.59 Å². The summed E-state index contributed by atoms with van der Waals surface area (Å²) >= 11 is 0. The Balaban J connectivity index is 1.02. The smallest absolute Gasteiger partial charge is 0.252 e. The van der Waals surface area contributed by atoms with Gasteiger partial charge >= 0.3 is 0 Å². The molecule has 0 bridgehead atoms. The van der Waals surface area contributed by atoms with Crippen molar-refractivity contribution in [2.45, 2.75) is 53.4 Å². The quantitative estimate of drug-likeness (QED) is 0.139. The fourth-order valence-electron chi connectivity index (χ4n) is 6.40. The lowest BCUT2D eigenvalue weighted by Crippen LogP contribution is -2.25. The Morgan fingerprint density at radius 1 is 0.521 bits per heavy atom. The van der Waals surface area contributed by atoms with Gasteiger partial charge in [-0.1, -0.05) is 96.8 Å². The van der Waals surface area contributed by atoms with Crippen LogP contribution in [-0.2, 0) is 0 Å². The molecule has 6 rings (SSSR count). The number of aromatic nitrogens is 2. The van der Waals surface area contributed by atoms with E-state index in [1.54, 1.807) is 0 Å². The number of hydrogen-bond acceptors (Lipinski definition) is 4. The number of aryl methyl sites for hydroxylation is 4. The minimum atomic E-state index is -0.0864. The van der Waals surface area contributed by atoms with E-state index >= 15 is 0 Å². The summed E-state index contributed by atoms with van der Waals surface area (Å²) in [6.45, 7) is 9.48. The number of carbonyl (C=O) groups is 2. The van der Waals surface area contributed by atoms with E-state index in [0.717, 1.165) is 81.1 Å². The normalized spacial score (nSPS) is 11.2. The van der Waals surface area contributed by atoms with Gasteiger partial charge in [0.2, 0.25) is 0 Å². The molecule has 2 heterocycles. The summed E-state index contributed by atoms with van der Waals surface area (Å²) in [5.41, 5.74) is 11.2. The molecule has 4 aromatic carbocycles. The zero-order valence-electron chi connectivity index (χ0n) is 28.2. The van der Waals surface area contributed by atoms with Gasteiger partial charge in [0, 0.05) is 35.0 Å². The molecule has 6 heteroatoms. The number of hydrogen-bond donors (Lipinski definition) is 2. The van der Waals surface area contributed by atoms with Gasteiger partial charge in [0.1, 0.15) is 0 Å². The Kier molecular flexibility index (Phi) is 9.91. The molecule has 0 radical (unpaired) electrons. The lowest BCUT2D eigenvalue weighted by atomic mass is 9.99. The molecule has 242 valence electrons. The Labute approximate surface area is 282 Å². The van der Waals surface area contributed by atoms with E-state index in [0.29, 0.717) is 24.2 Å². The fourth-order valence-corrected chi connectivity index (χ4v) is 6.40. The highest BCUT2D eigenvalue weighted by Crippen LogP contribution is 2.29. The third kappa shape index (κ3) is 7.28. The highest BCUT2D eigenvalue weighted by molar-refractivity contribution is 6.08. The molecular weight excluding hydrogens is 592 g/mol. The summed E-state index contributed by atoms with van der Waals surface area (Å²) in [5.74, 6) is -0.173. The average Bonchev–Trinajstić information content (AvgIpc) is 3.08. The average molecular weight is 635 g/mol. The molecule has 2 aromatic heterocycles. The third-order valence-electron chi connectivity index (χ3n) is 8.91. The molecule has 0 aliphatic heterocycles. The third-order valence-corrected chi connectivity index (χ3v) is 8.91. The van der Waals surface area contributed by atoms with Crippen LogP contribution in [0.5, 0.6) is 0 Å². The van der Waals surface area contributed by atoms with Crippen LogP contribution in [0.25, 0.3) is 44.3 Å². The van der Waals surface area contributed by atoms with Crippen LogP contribution in [0.4, 0.5) is 0 Å². The molecule has 0 saturated carbocycles. The van der Waals surface area contributed by atoms with E-state index in [1.807, 2.05) is 60.7 Å². The maximum Gasteiger partial charge on any atom is 0.252 e. The maximum atomic E-state index is 13.4. The van der Waals surface area contributed by atoms with Crippen LogP contribution >= 0.6 is 0 Å². The Morgan fingerprint density at radius 3 is 1.35 bits per heavy atom. The molecule has 48 heavy (non-hydrogen) atoms. The number of carbonyl (C=O) groups excluding carboxylic acids is 2. The molecule has 6 nitrogen and oxygen atoms in total. The van der Waals surface area contributed by atoms with E-state index in [2.05, 4.69) is 74.7 Å². The van der Waals surface area contributed by atoms with Crippen LogP contribution in [0.1, 0.15) is 68.7 Å². The van der Waals surface area contributed by atoms with Gasteiger partial charge in [-0.15, -0.1) is 0 Å². The number of fused-ring (bicyclic) bond motifs is 2. The van der Waals surface area contributed by atoms with Crippen molar-refractivity contribution in [2.75, 3.05) is 13.1 Å². The Morgan fingerprint density at radius 2 is 0.938 bits per heavy atom. The van der Waals surface area contributed by atoms with Crippen LogP contribution in [0.3, 0.4) is 0 Å². The first kappa shape index (κ1) is 32.6. The molecule has 0 saturated heterocycles. The zero-order chi connectivity index (χ0) is 33.6. The summed E-state index contributed by atoms with van der Waals surface area (Å²) in [5, 5.41) is 7.95. The highest BCUT2D eigenvalue weighted by Gasteiger charge is 2.16. The SMILES string of the molecule is Cc1ccc(-c2cc(C(=O)NCCCCCCNC(=O)c3cc(-c4ccc(C)cc4C)nc4ccccc34)c3ccccc3n2)c(C)c1. The van der Waals surface area contributed by atoms with Crippen molar-refractivity contribution in [2.24, 2.45) is 0 Å². The molecule has 0 atom stereocenters. The van der Waals surface area contributed by atoms with E-state index in [4.69, 9.17) is 9.97 Å². The van der Waals surface area contributed by atoms with Crippen molar-refractivity contribution in [3.8, 4) is 22.5 Å². The lowest BCUT2D eigenvalue weighted by Gasteiger charge is -2.13. The zero-order valence-corrected chi connectivity index (χ0v) is 28.2. The molecule has 0 fully saturated rings. The van der Waals surface area contributed by atoms with E-state index in [1.165, 1.54) is 11.1 Å². The van der Waals surface area contributed by atoms with Crippen molar-refractivity contribution in [1.29, 1.82) is 0 Å². The standard InChI is InChI=1S/C42H42N4O2/c1-27-17-19-31(29(3)23-27)39-25-35(33-13-7-9-15-37(33)45-39)41(47)43-21-11-5-6-12-22-44-42(48)36-26-40(32-20-18-28(2)24-30(32)4)46-38-16-10-8-14-34(36)38/h7-10,13-20,23-26H,5-6,11-12,21-22H2,1-4H3,(H,43,47)(H,44,48). The van der Waals surface area contributed by atoms with Crippen LogP contribution < -0.4 is 10.6 Å². The minimum absolute atomic E-state index is 0.0864. The van der Waals surface area contributed by atoms with Crippen molar-refractivity contribution in [1.82, 2.24) is 20.6 Å². The monoisotopic (exact) mass is 634 g/mol. The number of rotatable bonds is 11. The number of unbranched alkanes of at least 4 members (excludes halogenated alkanes) is 3. The van der Waals surface area contributed by atoms with E-state index in [-0.39, 0.29) is 11.8 Å². The molecule has 6 aromatic rings. The van der Waals surface area contributed by atoms with Crippen molar-refractivity contribution < 1.29 is 9.59 Å². The summed E-state index contributed by atoms with van der Waals surface area (Å²) < 4.78 is 0. The fraction of sp³-hybridized carbons (Fsp3) is 0.238. The number of amides is 2. The van der Waals surface area contributed by atoms with Crippen LogP contribution in [-0.4, -0.2) is 34.9 Å². The number of para-hydroxylation sites is 2. The second-order valence-corrected chi connectivity index (χ2v) is 12.7. The molecule has 0 spiro atoms. The molecule has 0 aliphatic rings. The summed E-state index contributed by atoms with van der Waals surface area (Å²) in [4.78, 5) is 36.5. The van der Waals surface area contributed by atoms with Gasteiger partial charge in [-0.25, -0.2) is 9.97 Å². The minimum Gasteiger partial charge on any atom is -0.352 e. The van der Waals surface area contributed by atoms with E-state index < -0.39 is 0 Å². The molecule has 0 aliphatic carbocycles. The van der Waals surface area contributed by atoms with Gasteiger partial charge in [-0.2, -0.15) is 0 Å². The van der Waals surface area contributed by atoms with Crippen LogP contribution in [0, 0.1) is 27.7 Å². The molecule has 2 amide bonds. The number of nitrogens with zero attached hydrogens (tertiary/aromatic N) is 2. The number of pyridine rings is 2. The predicted octanol–water partition coefficient (Wildman–Crippen LogP) is 9.07. The maximum absolute atomic E-state index is 13.4. The first-order valence-corrected chi connectivity index (χ1v) is 16.8. The first-order valence-electron chi connectivity index (χ1n) is 16.8. The summed E-state index contributed by atoms with van der Waals surface area (Å²) in [6.07, 6.45) is 3.63. The van der Waals surface area contributed by atoms with Crippen LogP contribution in [0.2, 0.25) is 0 Å². The van der Waals surface area contributed by atoms with Crippen molar-refractivity contribution in [3.63, 3.8) is 0 Å². The first-order chi connectivity index (χ1) is 23.3. The number of nitrogens with one attached hydrogen (secondary N) is 2. The Hall–Kier alpha value is -5.36. The van der Waals surface area contributed by atoms with Gasteiger partial charge in [0.15, 0.2) is 0 Å². The van der Waals surface area contributed by atoms with E-state index in [9.17, 15) is 9.59 Å². The second-order valence-electron chi connectivity index (χ2n) is 12.7. The molecule has 0 unspecified atom stereocenters. The van der Waals surface area contributed by atoms with Gasteiger partial charge in [0.25, 0.3) is 11.8 Å². The topological polar surface area (TPSA) is 84.0 Å². The summed E-state index contributed by atoms with van der Waals surface area (Å²) in [7, 11) is 0. The lowest BCUT2D eigenvalue weighted by molar-refractivity contribution is 0.0945. The number of benzene rings is 4. The van der Waals surface area contributed by atoms with Crippen LogP contribution in [0.15, 0.2) is 97.1 Å². The summed E-state index contributed by atoms with van der Waals surface area (Å²) in [6, 6.07) is 32.0. The molecule has 2 N–H and O–H groups in total. The van der Waals surface area contributed by atoms with Gasteiger partial charge < -0.3 is 10.6 Å². The Bertz CT molecular complexity index is 1980. The van der Waals surface area contributed by atoms with Gasteiger partial charge in [0.05, 0.1) is 33.5 Å². The van der Waals surface area contributed by atoms with Crippen molar-refractivity contribution in [3.05, 3.63) is 130 Å². The highest BCUT2D eigenvalue weighted by atomic mass is 16.2. The largest absolute Gasteiger partial charge is 0.352 e. The predicted molar refractivity (Wildman–Crippen MR) is 196 cm³/mol. The molecular formula is C42H42N4O2. The second kappa shape index (κ2) is 14.6. The van der Waals surface area contributed by atoms with Gasteiger partial charge in [-0.05, 0) is 75.9 Å². The van der Waals surface area contributed by atoms with Crippen molar-refractivity contribution >= 4 is 33.6 Å².